The van der Waals surface area contributed by atoms with Crippen LogP contribution < -0.4 is 0 Å². The molecule has 0 aliphatic heterocycles. The molecule has 0 saturated carbocycles. The molecule has 3 heteroatoms. The lowest BCUT2D eigenvalue weighted by atomic mass is 10.0. The molecule has 0 amide bonds. The fourth-order valence-corrected chi connectivity index (χ4v) is 2.63. The average molecular weight is 291 g/mol. The summed E-state index contributed by atoms with van der Waals surface area (Å²) in [5.41, 5.74) is 1.90. The molecular formula is C16H9Cl2F. The first-order valence-corrected chi connectivity index (χ1v) is 6.54. The van der Waals surface area contributed by atoms with Crippen molar-refractivity contribution in [1.29, 1.82) is 0 Å². The van der Waals surface area contributed by atoms with Gasteiger partial charge in [-0.25, -0.2) is 4.39 Å². The van der Waals surface area contributed by atoms with Gasteiger partial charge in [-0.2, -0.15) is 0 Å². The molecule has 19 heavy (non-hydrogen) atoms. The van der Waals surface area contributed by atoms with E-state index in [1.165, 1.54) is 12.1 Å². The molecule has 0 aliphatic carbocycles. The highest BCUT2D eigenvalue weighted by atomic mass is 35.5. The van der Waals surface area contributed by atoms with Crippen LogP contribution in [0.1, 0.15) is 0 Å². The fraction of sp³-hybridized carbons (Fsp3) is 0. The minimum Gasteiger partial charge on any atom is -0.207 e. The van der Waals surface area contributed by atoms with Crippen molar-refractivity contribution in [3.05, 3.63) is 70.5 Å². The van der Waals surface area contributed by atoms with E-state index in [1.54, 1.807) is 18.2 Å². The second-order valence-corrected chi connectivity index (χ2v) is 5.17. The highest BCUT2D eigenvalue weighted by Crippen LogP contribution is 2.32. The standard InChI is InChI=1S/C16H9Cl2F/c17-13-4-6-15(16(18)9-13)12-2-1-11-8-14(19)5-3-10(11)7-12/h1-9H. The van der Waals surface area contributed by atoms with E-state index < -0.39 is 0 Å². The summed E-state index contributed by atoms with van der Waals surface area (Å²) in [4.78, 5) is 0. The Labute approximate surface area is 120 Å². The minimum absolute atomic E-state index is 0.232. The van der Waals surface area contributed by atoms with Crippen LogP contribution in [-0.4, -0.2) is 0 Å². The summed E-state index contributed by atoms with van der Waals surface area (Å²) >= 11 is 12.1. The van der Waals surface area contributed by atoms with Crippen molar-refractivity contribution in [2.24, 2.45) is 0 Å². The largest absolute Gasteiger partial charge is 0.207 e. The summed E-state index contributed by atoms with van der Waals surface area (Å²) in [6, 6.07) is 15.9. The normalized spacial score (nSPS) is 10.9. The molecule has 0 bridgehead atoms. The SMILES string of the molecule is Fc1ccc2cc(-c3ccc(Cl)cc3Cl)ccc2c1. The van der Waals surface area contributed by atoms with Gasteiger partial charge in [0.15, 0.2) is 0 Å². The lowest BCUT2D eigenvalue weighted by molar-refractivity contribution is 0.630. The second kappa shape index (κ2) is 4.84. The van der Waals surface area contributed by atoms with E-state index in [9.17, 15) is 4.39 Å². The summed E-state index contributed by atoms with van der Waals surface area (Å²) in [5, 5.41) is 3.06. The summed E-state index contributed by atoms with van der Waals surface area (Å²) < 4.78 is 13.1. The van der Waals surface area contributed by atoms with Crippen molar-refractivity contribution < 1.29 is 4.39 Å². The third kappa shape index (κ3) is 2.44. The minimum atomic E-state index is -0.232. The Morgan fingerprint density at radius 1 is 0.737 bits per heavy atom. The molecule has 0 radical (unpaired) electrons. The van der Waals surface area contributed by atoms with Gasteiger partial charge in [0.1, 0.15) is 5.82 Å². The zero-order chi connectivity index (χ0) is 13.4. The van der Waals surface area contributed by atoms with E-state index in [0.717, 1.165) is 21.9 Å². The molecule has 0 N–H and O–H groups in total. The summed E-state index contributed by atoms with van der Waals surface area (Å²) in [6.07, 6.45) is 0. The van der Waals surface area contributed by atoms with Gasteiger partial charge >= 0.3 is 0 Å². The Hall–Kier alpha value is -1.57. The Morgan fingerprint density at radius 2 is 1.47 bits per heavy atom. The molecule has 0 spiro atoms. The molecule has 3 aromatic rings. The van der Waals surface area contributed by atoms with Gasteiger partial charge in [-0.1, -0.05) is 47.5 Å². The Kier molecular flexibility index (Phi) is 3.17. The van der Waals surface area contributed by atoms with Crippen LogP contribution in [-0.2, 0) is 0 Å². The quantitative estimate of drug-likeness (QED) is 0.519. The molecule has 0 aromatic heterocycles. The van der Waals surface area contributed by atoms with Crippen LogP contribution in [0.25, 0.3) is 21.9 Å². The predicted octanol–water partition coefficient (Wildman–Crippen LogP) is 5.95. The maximum atomic E-state index is 13.1. The number of fused-ring (bicyclic) bond motifs is 1. The lowest BCUT2D eigenvalue weighted by Gasteiger charge is -2.07. The van der Waals surface area contributed by atoms with Crippen LogP contribution in [0.4, 0.5) is 4.39 Å². The number of rotatable bonds is 1. The van der Waals surface area contributed by atoms with Crippen LogP contribution in [0, 0.1) is 5.82 Å². The molecule has 3 rings (SSSR count). The van der Waals surface area contributed by atoms with Crippen LogP contribution in [0.3, 0.4) is 0 Å². The van der Waals surface area contributed by atoms with Gasteiger partial charge in [0.2, 0.25) is 0 Å². The maximum Gasteiger partial charge on any atom is 0.123 e. The third-order valence-electron chi connectivity index (χ3n) is 3.04. The first kappa shape index (κ1) is 12.5. The van der Waals surface area contributed by atoms with E-state index in [4.69, 9.17) is 23.2 Å². The summed E-state index contributed by atoms with van der Waals surface area (Å²) in [7, 11) is 0. The maximum absolute atomic E-state index is 13.1. The highest BCUT2D eigenvalue weighted by molar-refractivity contribution is 6.36. The number of benzene rings is 3. The molecule has 0 saturated heterocycles. The van der Waals surface area contributed by atoms with Crippen molar-refractivity contribution in [2.75, 3.05) is 0 Å². The van der Waals surface area contributed by atoms with Crippen molar-refractivity contribution in [2.45, 2.75) is 0 Å². The average Bonchev–Trinajstić information content (AvgIpc) is 2.38. The van der Waals surface area contributed by atoms with E-state index in [0.29, 0.717) is 10.0 Å². The van der Waals surface area contributed by atoms with Crippen molar-refractivity contribution in [3.63, 3.8) is 0 Å². The summed E-state index contributed by atoms with van der Waals surface area (Å²) in [6.45, 7) is 0. The van der Waals surface area contributed by atoms with Crippen molar-refractivity contribution >= 4 is 34.0 Å². The molecular weight excluding hydrogens is 282 g/mol. The van der Waals surface area contributed by atoms with E-state index in [1.807, 2.05) is 24.3 Å². The number of hydrogen-bond donors (Lipinski definition) is 0. The van der Waals surface area contributed by atoms with Crippen LogP contribution >= 0.6 is 23.2 Å². The first-order chi connectivity index (χ1) is 9.13. The Balaban J connectivity index is 2.17. The predicted molar refractivity (Wildman–Crippen MR) is 79.4 cm³/mol. The van der Waals surface area contributed by atoms with Gasteiger partial charge in [0.25, 0.3) is 0 Å². The third-order valence-corrected chi connectivity index (χ3v) is 3.59. The van der Waals surface area contributed by atoms with Gasteiger partial charge in [-0.3, -0.25) is 0 Å². The Morgan fingerprint density at radius 3 is 2.26 bits per heavy atom. The highest BCUT2D eigenvalue weighted by Gasteiger charge is 2.05. The van der Waals surface area contributed by atoms with E-state index in [2.05, 4.69) is 0 Å². The van der Waals surface area contributed by atoms with Crippen molar-refractivity contribution in [1.82, 2.24) is 0 Å². The van der Waals surface area contributed by atoms with Crippen LogP contribution in [0.15, 0.2) is 54.6 Å². The van der Waals surface area contributed by atoms with Gasteiger partial charge in [0, 0.05) is 15.6 Å². The fourth-order valence-electron chi connectivity index (χ4n) is 2.11. The van der Waals surface area contributed by atoms with Crippen LogP contribution in [0.2, 0.25) is 10.0 Å². The molecule has 0 nitrogen and oxygen atoms in total. The van der Waals surface area contributed by atoms with Crippen LogP contribution in [0.5, 0.6) is 0 Å². The zero-order valence-corrected chi connectivity index (χ0v) is 11.3. The molecule has 0 aliphatic rings. The molecule has 0 atom stereocenters. The van der Waals surface area contributed by atoms with Gasteiger partial charge in [-0.15, -0.1) is 0 Å². The second-order valence-electron chi connectivity index (χ2n) is 4.33. The molecule has 94 valence electrons. The summed E-state index contributed by atoms with van der Waals surface area (Å²) in [5.74, 6) is -0.232. The monoisotopic (exact) mass is 290 g/mol. The van der Waals surface area contributed by atoms with Gasteiger partial charge < -0.3 is 0 Å². The molecule has 0 unspecified atom stereocenters. The lowest BCUT2D eigenvalue weighted by Crippen LogP contribution is -1.82. The molecule has 0 fully saturated rings. The van der Waals surface area contributed by atoms with Crippen molar-refractivity contribution in [3.8, 4) is 11.1 Å². The zero-order valence-electron chi connectivity index (χ0n) is 9.83. The topological polar surface area (TPSA) is 0 Å². The molecule has 3 aromatic carbocycles. The Bertz CT molecular complexity index is 766. The first-order valence-electron chi connectivity index (χ1n) is 5.78. The van der Waals surface area contributed by atoms with Gasteiger partial charge in [0.05, 0.1) is 0 Å². The number of halogens is 3. The van der Waals surface area contributed by atoms with E-state index in [-0.39, 0.29) is 5.82 Å². The van der Waals surface area contributed by atoms with E-state index >= 15 is 0 Å². The van der Waals surface area contributed by atoms with Gasteiger partial charge in [-0.05, 0) is 46.7 Å². The number of hydrogen-bond acceptors (Lipinski definition) is 0. The smallest absolute Gasteiger partial charge is 0.123 e. The molecule has 0 heterocycles.